The van der Waals surface area contributed by atoms with E-state index in [1.807, 2.05) is 13.0 Å². The summed E-state index contributed by atoms with van der Waals surface area (Å²) in [4.78, 5) is 0. The van der Waals surface area contributed by atoms with Gasteiger partial charge in [0.25, 0.3) is 0 Å². The highest BCUT2D eigenvalue weighted by Gasteiger charge is 2.16. The largest absolute Gasteiger partial charge is 0.492 e. The van der Waals surface area contributed by atoms with Crippen molar-refractivity contribution in [2.75, 3.05) is 20.3 Å². The van der Waals surface area contributed by atoms with E-state index in [0.717, 1.165) is 0 Å². The van der Waals surface area contributed by atoms with Crippen molar-refractivity contribution in [2.45, 2.75) is 12.8 Å². The van der Waals surface area contributed by atoms with Crippen LogP contribution >= 0.6 is 15.9 Å². The summed E-state index contributed by atoms with van der Waals surface area (Å²) in [5.74, 6) is 0.592. The minimum atomic E-state index is -0.559. The van der Waals surface area contributed by atoms with Gasteiger partial charge in [0, 0.05) is 0 Å². The Kier molecular flexibility index (Phi) is 5.26. The molecule has 17 heavy (non-hydrogen) atoms. The smallest absolute Gasteiger partial charge is 0.174 e. The van der Waals surface area contributed by atoms with Crippen LogP contribution in [0.1, 0.15) is 18.4 Å². The molecule has 0 amide bonds. The van der Waals surface area contributed by atoms with E-state index in [1.54, 1.807) is 19.2 Å². The first kappa shape index (κ1) is 13.8. The van der Waals surface area contributed by atoms with E-state index in [4.69, 9.17) is 19.8 Å². The zero-order valence-corrected chi connectivity index (χ0v) is 11.3. The molecule has 1 unspecified atom stereocenters. The van der Waals surface area contributed by atoms with E-state index in [0.29, 0.717) is 28.1 Å². The quantitative estimate of drug-likeness (QED) is 0.907. The SMILES string of the molecule is CCOc1cc(C(C#N)CO)cc(Br)c1OC. The predicted octanol–water partition coefficient (Wildman–Crippen LogP) is 2.46. The Morgan fingerprint density at radius 2 is 2.24 bits per heavy atom. The second-order valence-electron chi connectivity index (χ2n) is 3.33. The molecule has 1 rings (SSSR count). The van der Waals surface area contributed by atoms with Crippen LogP contribution in [0.2, 0.25) is 0 Å². The Labute approximate surface area is 109 Å². The Balaban J connectivity index is 3.23. The topological polar surface area (TPSA) is 62.5 Å². The van der Waals surface area contributed by atoms with Gasteiger partial charge in [0.2, 0.25) is 0 Å². The normalized spacial score (nSPS) is 11.7. The van der Waals surface area contributed by atoms with Crippen LogP contribution in [0.25, 0.3) is 0 Å². The zero-order chi connectivity index (χ0) is 12.8. The summed E-state index contributed by atoms with van der Waals surface area (Å²) in [6.07, 6.45) is 0. The van der Waals surface area contributed by atoms with E-state index in [9.17, 15) is 0 Å². The molecule has 0 aliphatic heterocycles. The van der Waals surface area contributed by atoms with Gasteiger partial charge in [-0.25, -0.2) is 0 Å². The van der Waals surface area contributed by atoms with E-state index in [-0.39, 0.29) is 6.61 Å². The summed E-state index contributed by atoms with van der Waals surface area (Å²) >= 11 is 3.36. The highest BCUT2D eigenvalue weighted by atomic mass is 79.9. The molecule has 0 fully saturated rings. The minimum absolute atomic E-state index is 0.221. The number of hydrogen-bond donors (Lipinski definition) is 1. The van der Waals surface area contributed by atoms with Gasteiger partial charge >= 0.3 is 0 Å². The van der Waals surface area contributed by atoms with E-state index in [1.165, 1.54) is 0 Å². The van der Waals surface area contributed by atoms with Crippen LogP contribution in [-0.2, 0) is 0 Å². The van der Waals surface area contributed by atoms with Crippen molar-refractivity contribution < 1.29 is 14.6 Å². The molecular weight excluding hydrogens is 286 g/mol. The van der Waals surface area contributed by atoms with Crippen molar-refractivity contribution in [3.63, 3.8) is 0 Å². The van der Waals surface area contributed by atoms with E-state index < -0.39 is 5.92 Å². The molecule has 0 bridgehead atoms. The summed E-state index contributed by atoms with van der Waals surface area (Å²) in [7, 11) is 1.55. The molecule has 1 N–H and O–H groups in total. The molecule has 1 aromatic carbocycles. The lowest BCUT2D eigenvalue weighted by Crippen LogP contribution is -2.03. The zero-order valence-electron chi connectivity index (χ0n) is 9.74. The van der Waals surface area contributed by atoms with E-state index in [2.05, 4.69) is 15.9 Å². The monoisotopic (exact) mass is 299 g/mol. The second-order valence-corrected chi connectivity index (χ2v) is 4.19. The summed E-state index contributed by atoms with van der Waals surface area (Å²) in [6, 6.07) is 5.51. The van der Waals surface area contributed by atoms with Crippen LogP contribution < -0.4 is 9.47 Å². The summed E-state index contributed by atoms with van der Waals surface area (Å²) in [6.45, 7) is 2.15. The van der Waals surface area contributed by atoms with Gasteiger partial charge in [-0.15, -0.1) is 0 Å². The first-order valence-corrected chi connectivity index (χ1v) is 5.97. The van der Waals surface area contributed by atoms with Crippen molar-refractivity contribution >= 4 is 15.9 Å². The Bertz CT molecular complexity index is 428. The van der Waals surface area contributed by atoms with Crippen LogP contribution in [0.5, 0.6) is 11.5 Å². The highest BCUT2D eigenvalue weighted by Crippen LogP contribution is 2.38. The number of aliphatic hydroxyl groups is 1. The van der Waals surface area contributed by atoms with Gasteiger partial charge in [-0.05, 0) is 40.5 Å². The third-order valence-electron chi connectivity index (χ3n) is 2.28. The van der Waals surface area contributed by atoms with Gasteiger partial charge in [-0.2, -0.15) is 5.26 Å². The number of rotatable bonds is 5. The molecule has 0 saturated carbocycles. The lowest BCUT2D eigenvalue weighted by molar-refractivity contribution is 0.284. The predicted molar refractivity (Wildman–Crippen MR) is 67.3 cm³/mol. The number of hydrogen-bond acceptors (Lipinski definition) is 4. The first-order valence-electron chi connectivity index (χ1n) is 5.18. The maximum atomic E-state index is 9.11. The van der Waals surface area contributed by atoms with Gasteiger partial charge in [0.1, 0.15) is 0 Å². The number of ether oxygens (including phenoxy) is 2. The maximum Gasteiger partial charge on any atom is 0.174 e. The third kappa shape index (κ3) is 3.11. The molecule has 0 saturated heterocycles. The Morgan fingerprint density at radius 1 is 1.53 bits per heavy atom. The average molecular weight is 300 g/mol. The molecule has 1 atom stereocenters. The first-order chi connectivity index (χ1) is 8.17. The minimum Gasteiger partial charge on any atom is -0.492 e. The molecule has 1 aromatic rings. The van der Waals surface area contributed by atoms with Gasteiger partial charge in [-0.3, -0.25) is 0 Å². The van der Waals surface area contributed by atoms with Gasteiger partial charge in [-0.1, -0.05) is 0 Å². The molecule has 0 heterocycles. The average Bonchev–Trinajstić information content (AvgIpc) is 2.31. The lowest BCUT2D eigenvalue weighted by Gasteiger charge is -2.14. The number of halogens is 1. The van der Waals surface area contributed by atoms with E-state index >= 15 is 0 Å². The van der Waals surface area contributed by atoms with Crippen LogP contribution in [0.15, 0.2) is 16.6 Å². The number of benzene rings is 1. The van der Waals surface area contributed by atoms with Crippen LogP contribution in [0.3, 0.4) is 0 Å². The van der Waals surface area contributed by atoms with Crippen molar-refractivity contribution in [2.24, 2.45) is 0 Å². The molecule has 92 valence electrons. The van der Waals surface area contributed by atoms with Crippen LogP contribution in [-0.4, -0.2) is 25.4 Å². The van der Waals surface area contributed by atoms with Gasteiger partial charge in [0.05, 0.1) is 36.8 Å². The fraction of sp³-hybridized carbons (Fsp3) is 0.417. The van der Waals surface area contributed by atoms with Crippen molar-refractivity contribution in [1.82, 2.24) is 0 Å². The summed E-state index contributed by atoms with van der Waals surface area (Å²) in [5.41, 5.74) is 0.700. The Hall–Kier alpha value is -1.25. The lowest BCUT2D eigenvalue weighted by atomic mass is 10.0. The van der Waals surface area contributed by atoms with Crippen molar-refractivity contribution in [3.05, 3.63) is 22.2 Å². The van der Waals surface area contributed by atoms with Crippen LogP contribution in [0.4, 0.5) is 0 Å². The van der Waals surface area contributed by atoms with Crippen LogP contribution in [0, 0.1) is 11.3 Å². The molecule has 4 nitrogen and oxygen atoms in total. The van der Waals surface area contributed by atoms with Crippen molar-refractivity contribution in [1.29, 1.82) is 5.26 Å². The Morgan fingerprint density at radius 3 is 2.71 bits per heavy atom. The molecule has 0 aromatic heterocycles. The molecule has 0 spiro atoms. The fourth-order valence-electron chi connectivity index (χ4n) is 1.47. The molecule has 5 heteroatoms. The standard InChI is InChI=1S/C12H14BrNO3/c1-3-17-11-5-8(9(6-14)7-15)4-10(13)12(11)16-2/h4-5,9,15H,3,7H2,1-2H3. The fourth-order valence-corrected chi connectivity index (χ4v) is 2.09. The number of nitrogens with zero attached hydrogens (tertiary/aromatic N) is 1. The molecule has 0 radical (unpaired) electrons. The highest BCUT2D eigenvalue weighted by molar-refractivity contribution is 9.10. The molecule has 0 aliphatic carbocycles. The number of aliphatic hydroxyl groups excluding tert-OH is 1. The maximum absolute atomic E-state index is 9.11. The third-order valence-corrected chi connectivity index (χ3v) is 2.87. The second kappa shape index (κ2) is 6.48. The van der Waals surface area contributed by atoms with Gasteiger partial charge in [0.15, 0.2) is 11.5 Å². The van der Waals surface area contributed by atoms with Crippen molar-refractivity contribution in [3.8, 4) is 17.6 Å². The number of nitriles is 1. The molecule has 0 aliphatic rings. The molecular formula is C12H14BrNO3. The summed E-state index contributed by atoms with van der Waals surface area (Å²) < 4.78 is 11.4. The number of methoxy groups -OCH3 is 1. The van der Waals surface area contributed by atoms with Gasteiger partial charge < -0.3 is 14.6 Å². The summed E-state index contributed by atoms with van der Waals surface area (Å²) in [5, 5.41) is 18.0.